The fourth-order valence-electron chi connectivity index (χ4n) is 3.34. The molecule has 2 aliphatic heterocycles. The molecule has 24 heavy (non-hydrogen) atoms. The Morgan fingerprint density at radius 3 is 3.08 bits per heavy atom. The zero-order valence-electron chi connectivity index (χ0n) is 13.6. The molecule has 0 radical (unpaired) electrons. The van der Waals surface area contributed by atoms with E-state index in [-0.39, 0.29) is 6.10 Å². The van der Waals surface area contributed by atoms with Crippen molar-refractivity contribution in [2.75, 3.05) is 35.7 Å². The molecule has 4 rings (SSSR count). The molecule has 0 spiro atoms. The molecule has 0 bridgehead atoms. The van der Waals surface area contributed by atoms with Crippen molar-refractivity contribution in [2.45, 2.75) is 25.2 Å². The molecule has 1 aromatic heterocycles. The standard InChI is InChI=1S/C18H21FN4O/c1-24-17-11-23(8-6-14(17)19)13-4-5-15-16(9-13)21-10-12-3-2-7-20-18(12)22-15/h2-5,7,9,14,17,21H,6,8,10-11H2,1H3,(H,20,22)/t14-,17?/m0/s1. The summed E-state index contributed by atoms with van der Waals surface area (Å²) in [6, 6.07) is 10.2. The van der Waals surface area contributed by atoms with Crippen LogP contribution in [0.1, 0.15) is 12.0 Å². The van der Waals surface area contributed by atoms with Gasteiger partial charge in [0.05, 0.1) is 11.4 Å². The molecule has 1 fully saturated rings. The second-order valence-electron chi connectivity index (χ2n) is 6.24. The van der Waals surface area contributed by atoms with E-state index in [1.165, 1.54) is 0 Å². The predicted molar refractivity (Wildman–Crippen MR) is 93.8 cm³/mol. The Labute approximate surface area is 140 Å². The third-order valence-electron chi connectivity index (χ3n) is 4.76. The monoisotopic (exact) mass is 328 g/mol. The van der Waals surface area contributed by atoms with Crippen LogP contribution in [-0.2, 0) is 11.3 Å². The van der Waals surface area contributed by atoms with Gasteiger partial charge >= 0.3 is 0 Å². The Morgan fingerprint density at radius 1 is 1.29 bits per heavy atom. The van der Waals surface area contributed by atoms with E-state index in [1.807, 2.05) is 12.1 Å². The predicted octanol–water partition coefficient (Wildman–Crippen LogP) is 3.31. The number of anilines is 4. The van der Waals surface area contributed by atoms with Crippen LogP contribution in [0, 0.1) is 0 Å². The van der Waals surface area contributed by atoms with Gasteiger partial charge < -0.3 is 20.3 Å². The van der Waals surface area contributed by atoms with Crippen LogP contribution in [0.3, 0.4) is 0 Å². The first-order valence-corrected chi connectivity index (χ1v) is 8.25. The minimum atomic E-state index is -0.882. The molecule has 3 heterocycles. The molecule has 0 amide bonds. The topological polar surface area (TPSA) is 49.4 Å². The van der Waals surface area contributed by atoms with Gasteiger partial charge in [0.2, 0.25) is 0 Å². The molecule has 2 atom stereocenters. The van der Waals surface area contributed by atoms with Gasteiger partial charge in [0.15, 0.2) is 0 Å². The number of aromatic nitrogens is 1. The second kappa shape index (κ2) is 6.28. The van der Waals surface area contributed by atoms with Gasteiger partial charge in [0.25, 0.3) is 0 Å². The number of pyridine rings is 1. The van der Waals surface area contributed by atoms with Gasteiger partial charge in [-0.05, 0) is 30.7 Å². The molecule has 0 saturated carbocycles. The van der Waals surface area contributed by atoms with Crippen LogP contribution in [0.5, 0.6) is 0 Å². The lowest BCUT2D eigenvalue weighted by Crippen LogP contribution is -2.46. The highest BCUT2D eigenvalue weighted by atomic mass is 19.1. The van der Waals surface area contributed by atoms with Crippen molar-refractivity contribution in [3.63, 3.8) is 0 Å². The van der Waals surface area contributed by atoms with Crippen LogP contribution in [0.4, 0.5) is 27.3 Å². The molecule has 5 nitrogen and oxygen atoms in total. The van der Waals surface area contributed by atoms with Gasteiger partial charge in [-0.2, -0.15) is 0 Å². The van der Waals surface area contributed by atoms with Crippen LogP contribution in [0.25, 0.3) is 0 Å². The number of fused-ring (bicyclic) bond motifs is 2. The lowest BCUT2D eigenvalue weighted by molar-refractivity contribution is 0.0232. The number of alkyl halides is 1. The van der Waals surface area contributed by atoms with Gasteiger partial charge in [-0.3, -0.25) is 0 Å². The molecule has 2 N–H and O–H groups in total. The normalized spacial score (nSPS) is 22.7. The fourth-order valence-corrected chi connectivity index (χ4v) is 3.34. The number of methoxy groups -OCH3 is 1. The van der Waals surface area contributed by atoms with Crippen molar-refractivity contribution in [2.24, 2.45) is 0 Å². The zero-order valence-corrected chi connectivity index (χ0v) is 13.6. The third kappa shape index (κ3) is 2.78. The zero-order chi connectivity index (χ0) is 16.5. The average Bonchev–Trinajstić information content (AvgIpc) is 2.80. The smallest absolute Gasteiger partial charge is 0.135 e. The summed E-state index contributed by atoms with van der Waals surface area (Å²) in [5, 5.41) is 6.84. The Bertz CT molecular complexity index is 739. The van der Waals surface area contributed by atoms with Crippen LogP contribution in [0.2, 0.25) is 0 Å². The highest BCUT2D eigenvalue weighted by molar-refractivity contribution is 5.79. The number of piperidine rings is 1. The number of halogens is 1. The number of hydrogen-bond acceptors (Lipinski definition) is 5. The summed E-state index contributed by atoms with van der Waals surface area (Å²) in [6.45, 7) is 2.00. The van der Waals surface area contributed by atoms with E-state index in [9.17, 15) is 4.39 Å². The van der Waals surface area contributed by atoms with E-state index >= 15 is 0 Å². The summed E-state index contributed by atoms with van der Waals surface area (Å²) in [7, 11) is 1.58. The minimum Gasteiger partial charge on any atom is -0.379 e. The lowest BCUT2D eigenvalue weighted by atomic mass is 10.0. The highest BCUT2D eigenvalue weighted by Gasteiger charge is 2.29. The molecular formula is C18H21FN4O. The van der Waals surface area contributed by atoms with Crippen LogP contribution in [0.15, 0.2) is 36.5 Å². The van der Waals surface area contributed by atoms with Crippen molar-refractivity contribution < 1.29 is 9.13 Å². The summed E-state index contributed by atoms with van der Waals surface area (Å²) in [5.74, 6) is 0.884. The Kier molecular flexibility index (Phi) is 3.98. The second-order valence-corrected chi connectivity index (χ2v) is 6.24. The van der Waals surface area contributed by atoms with E-state index in [0.717, 1.165) is 35.0 Å². The molecule has 2 aromatic rings. The molecule has 0 aliphatic carbocycles. The van der Waals surface area contributed by atoms with Crippen LogP contribution < -0.4 is 15.5 Å². The largest absolute Gasteiger partial charge is 0.379 e. The molecule has 126 valence electrons. The van der Waals surface area contributed by atoms with E-state index in [0.29, 0.717) is 19.5 Å². The van der Waals surface area contributed by atoms with Crippen molar-refractivity contribution in [1.29, 1.82) is 0 Å². The van der Waals surface area contributed by atoms with E-state index < -0.39 is 6.17 Å². The molecule has 1 aromatic carbocycles. The third-order valence-corrected chi connectivity index (χ3v) is 4.76. The number of benzene rings is 1. The first-order chi connectivity index (χ1) is 11.7. The Balaban J connectivity index is 1.58. The lowest BCUT2D eigenvalue weighted by Gasteiger charge is -2.36. The quantitative estimate of drug-likeness (QED) is 0.886. The summed E-state index contributed by atoms with van der Waals surface area (Å²) in [6.07, 6.45) is 1.04. The molecule has 6 heteroatoms. The van der Waals surface area contributed by atoms with Gasteiger partial charge in [0.1, 0.15) is 18.1 Å². The summed E-state index contributed by atoms with van der Waals surface area (Å²) < 4.78 is 19.1. The van der Waals surface area contributed by atoms with Gasteiger partial charge in [-0.25, -0.2) is 9.37 Å². The molecule has 1 saturated heterocycles. The van der Waals surface area contributed by atoms with Crippen LogP contribution in [-0.4, -0.2) is 37.5 Å². The van der Waals surface area contributed by atoms with Crippen LogP contribution >= 0.6 is 0 Å². The maximum Gasteiger partial charge on any atom is 0.135 e. The minimum absolute atomic E-state index is 0.364. The van der Waals surface area contributed by atoms with Crippen molar-refractivity contribution in [3.05, 3.63) is 42.1 Å². The first-order valence-electron chi connectivity index (χ1n) is 8.25. The van der Waals surface area contributed by atoms with E-state index in [2.05, 4.69) is 38.7 Å². The maximum absolute atomic E-state index is 13.8. The summed E-state index contributed by atoms with van der Waals surface area (Å²) in [4.78, 5) is 6.58. The molecule has 2 aliphatic rings. The number of nitrogens with zero attached hydrogens (tertiary/aromatic N) is 2. The number of hydrogen-bond donors (Lipinski definition) is 2. The van der Waals surface area contributed by atoms with Crippen molar-refractivity contribution in [1.82, 2.24) is 4.98 Å². The fraction of sp³-hybridized carbons (Fsp3) is 0.389. The number of nitrogens with one attached hydrogen (secondary N) is 2. The van der Waals surface area contributed by atoms with Gasteiger partial charge in [0, 0.05) is 44.2 Å². The number of ether oxygens (including phenoxy) is 1. The molecule has 1 unspecified atom stereocenters. The first kappa shape index (κ1) is 15.2. The summed E-state index contributed by atoms with van der Waals surface area (Å²) >= 11 is 0. The highest BCUT2D eigenvalue weighted by Crippen LogP contribution is 2.34. The SMILES string of the molecule is COC1CN(c2ccc3c(c2)NCc2cccnc2N3)CC[C@@H]1F. The van der Waals surface area contributed by atoms with E-state index in [1.54, 1.807) is 13.3 Å². The van der Waals surface area contributed by atoms with Gasteiger partial charge in [-0.1, -0.05) is 6.07 Å². The Morgan fingerprint density at radius 2 is 2.21 bits per heavy atom. The van der Waals surface area contributed by atoms with Gasteiger partial charge in [-0.15, -0.1) is 0 Å². The van der Waals surface area contributed by atoms with E-state index in [4.69, 9.17) is 4.74 Å². The molecular weight excluding hydrogens is 307 g/mol. The Hall–Kier alpha value is -2.34. The van der Waals surface area contributed by atoms with Crippen molar-refractivity contribution >= 4 is 22.9 Å². The summed E-state index contributed by atoms with van der Waals surface area (Å²) in [5.41, 5.74) is 4.24. The maximum atomic E-state index is 13.8. The van der Waals surface area contributed by atoms with Crippen molar-refractivity contribution in [3.8, 4) is 0 Å². The average molecular weight is 328 g/mol. The number of rotatable bonds is 2.